The zero-order chi connectivity index (χ0) is 7.82. The van der Waals surface area contributed by atoms with Gasteiger partial charge >= 0.3 is 0 Å². The van der Waals surface area contributed by atoms with Crippen LogP contribution in [0.4, 0.5) is 0 Å². The van der Waals surface area contributed by atoms with Crippen molar-refractivity contribution in [3.63, 3.8) is 0 Å². The first-order chi connectivity index (χ1) is 4.93. The second-order valence-corrected chi connectivity index (χ2v) is 2.04. The summed E-state index contributed by atoms with van der Waals surface area (Å²) in [6.07, 6.45) is 9.77. The van der Waals surface area contributed by atoms with E-state index in [-0.39, 0.29) is 0 Å². The summed E-state index contributed by atoms with van der Waals surface area (Å²) in [4.78, 5) is 1.47. The van der Waals surface area contributed by atoms with Crippen molar-refractivity contribution in [2.45, 2.75) is 13.3 Å². The minimum absolute atomic E-state index is 1.23. The molecule has 0 radical (unpaired) electrons. The van der Waals surface area contributed by atoms with E-state index in [2.05, 4.69) is 31.5 Å². The average molecular weight is 136 g/mol. The summed E-state index contributed by atoms with van der Waals surface area (Å²) >= 11 is 0. The molecule has 0 amide bonds. The SMILES string of the molecule is CCC[NH+]1C=CC=C1.[C-]#N. The van der Waals surface area contributed by atoms with E-state index in [4.69, 9.17) is 11.8 Å². The van der Waals surface area contributed by atoms with Gasteiger partial charge in [-0.15, -0.1) is 0 Å². The fourth-order valence-electron chi connectivity index (χ4n) is 0.869. The Hall–Kier alpha value is -1.07. The van der Waals surface area contributed by atoms with Crippen LogP contribution in [0.25, 0.3) is 0 Å². The van der Waals surface area contributed by atoms with Crippen molar-refractivity contribution in [2.75, 3.05) is 6.54 Å². The quantitative estimate of drug-likeness (QED) is 0.547. The first-order valence-electron chi connectivity index (χ1n) is 3.36. The van der Waals surface area contributed by atoms with E-state index in [1.807, 2.05) is 0 Å². The van der Waals surface area contributed by atoms with E-state index in [9.17, 15) is 0 Å². The second kappa shape index (κ2) is 6.06. The van der Waals surface area contributed by atoms with Crippen LogP contribution in [0.3, 0.4) is 0 Å². The Morgan fingerprint density at radius 2 is 1.80 bits per heavy atom. The number of rotatable bonds is 2. The van der Waals surface area contributed by atoms with E-state index < -0.39 is 0 Å². The van der Waals surface area contributed by atoms with Crippen molar-refractivity contribution in [1.82, 2.24) is 0 Å². The van der Waals surface area contributed by atoms with Gasteiger partial charge in [0.25, 0.3) is 0 Å². The van der Waals surface area contributed by atoms with Crippen LogP contribution in [0.5, 0.6) is 0 Å². The number of hydrogen-bond acceptors (Lipinski definition) is 1. The molecule has 1 N–H and O–H groups in total. The van der Waals surface area contributed by atoms with E-state index in [1.165, 1.54) is 17.9 Å². The predicted molar refractivity (Wildman–Crippen MR) is 39.4 cm³/mol. The molecule has 0 aliphatic carbocycles. The highest BCUT2D eigenvalue weighted by Crippen LogP contribution is 1.76. The molecule has 1 aliphatic rings. The molecule has 0 bridgehead atoms. The standard InChI is InChI=1S/C7H11N.CN/c1-2-5-8-6-3-4-7-8;1-2/h3-4,6-7H,2,5H2,1H3;/q;-1/p+1. The lowest BCUT2D eigenvalue weighted by atomic mass is 10.4. The molecular formula is C8H12N2. The summed E-state index contributed by atoms with van der Waals surface area (Å²) in [5.41, 5.74) is 0. The van der Waals surface area contributed by atoms with E-state index in [0.29, 0.717) is 0 Å². The van der Waals surface area contributed by atoms with Gasteiger partial charge in [-0.05, 0) is 18.6 Å². The molecule has 0 aromatic rings. The lowest BCUT2D eigenvalue weighted by molar-refractivity contribution is -0.787. The van der Waals surface area contributed by atoms with Crippen LogP contribution < -0.4 is 4.90 Å². The molecule has 0 spiro atoms. The van der Waals surface area contributed by atoms with Gasteiger partial charge in [0, 0.05) is 0 Å². The molecule has 0 saturated heterocycles. The Morgan fingerprint density at radius 3 is 2.20 bits per heavy atom. The molecule has 0 atom stereocenters. The van der Waals surface area contributed by atoms with Gasteiger partial charge in [0.2, 0.25) is 0 Å². The lowest BCUT2D eigenvalue weighted by Gasteiger charge is -2.01. The summed E-state index contributed by atoms with van der Waals surface area (Å²) in [7, 11) is 0. The highest BCUT2D eigenvalue weighted by molar-refractivity contribution is 5.00. The lowest BCUT2D eigenvalue weighted by Crippen LogP contribution is -3.01. The minimum Gasteiger partial charge on any atom is -0.512 e. The summed E-state index contributed by atoms with van der Waals surface area (Å²) in [6, 6.07) is 0. The molecule has 0 fully saturated rings. The predicted octanol–water partition coefficient (Wildman–Crippen LogP) is 0.419. The highest BCUT2D eigenvalue weighted by Gasteiger charge is 1.99. The number of quaternary nitrogens is 1. The van der Waals surface area contributed by atoms with Gasteiger partial charge < -0.3 is 11.8 Å². The maximum atomic E-state index is 6.25. The summed E-state index contributed by atoms with van der Waals surface area (Å²) in [6.45, 7) is 8.18. The van der Waals surface area contributed by atoms with Crippen molar-refractivity contribution in [1.29, 1.82) is 5.26 Å². The molecule has 2 heteroatoms. The number of nitrogens with zero attached hydrogens (tertiary/aromatic N) is 1. The molecule has 0 saturated carbocycles. The van der Waals surface area contributed by atoms with Gasteiger partial charge in [-0.3, -0.25) is 4.90 Å². The molecule has 54 valence electrons. The van der Waals surface area contributed by atoms with Crippen molar-refractivity contribution in [3.05, 3.63) is 31.1 Å². The van der Waals surface area contributed by atoms with Crippen molar-refractivity contribution < 1.29 is 4.90 Å². The first-order valence-corrected chi connectivity index (χ1v) is 3.36. The van der Waals surface area contributed by atoms with E-state index in [1.54, 1.807) is 0 Å². The van der Waals surface area contributed by atoms with Crippen LogP contribution in [0, 0.1) is 11.8 Å². The molecule has 1 heterocycles. The third-order valence-corrected chi connectivity index (χ3v) is 1.27. The van der Waals surface area contributed by atoms with Crippen LogP contribution in [0.15, 0.2) is 24.6 Å². The molecule has 2 nitrogen and oxygen atoms in total. The summed E-state index contributed by atoms with van der Waals surface area (Å²) < 4.78 is 0. The first kappa shape index (κ1) is 8.93. The molecule has 0 aromatic carbocycles. The molecule has 0 unspecified atom stereocenters. The third kappa shape index (κ3) is 3.06. The Kier molecular flexibility index (Phi) is 5.41. The molecule has 1 rings (SSSR count). The Bertz CT molecular complexity index is 133. The van der Waals surface area contributed by atoms with E-state index >= 15 is 0 Å². The van der Waals surface area contributed by atoms with Gasteiger partial charge in [-0.25, -0.2) is 0 Å². The smallest absolute Gasteiger partial charge is 0.0990 e. The molecule has 1 aliphatic heterocycles. The fourth-order valence-corrected chi connectivity index (χ4v) is 0.869. The normalized spacial score (nSPS) is 14.7. The topological polar surface area (TPSA) is 28.2 Å². The van der Waals surface area contributed by atoms with Crippen LogP contribution in [0.1, 0.15) is 13.3 Å². The second-order valence-electron chi connectivity index (χ2n) is 2.04. The highest BCUT2D eigenvalue weighted by atomic mass is 15.1. The zero-order valence-corrected chi connectivity index (χ0v) is 6.17. The number of allylic oxidation sites excluding steroid dienone is 2. The van der Waals surface area contributed by atoms with Gasteiger partial charge in [-0.1, -0.05) is 6.92 Å². The van der Waals surface area contributed by atoms with E-state index in [0.717, 1.165) is 0 Å². The molecule has 10 heavy (non-hydrogen) atoms. The zero-order valence-electron chi connectivity index (χ0n) is 6.17. The van der Waals surface area contributed by atoms with Gasteiger partial charge in [-0.2, -0.15) is 0 Å². The monoisotopic (exact) mass is 136 g/mol. The Morgan fingerprint density at radius 1 is 1.30 bits per heavy atom. The maximum absolute atomic E-state index is 6.25. The van der Waals surface area contributed by atoms with Gasteiger partial charge in [0.05, 0.1) is 18.9 Å². The van der Waals surface area contributed by atoms with Crippen LogP contribution in [0.2, 0.25) is 0 Å². The van der Waals surface area contributed by atoms with Gasteiger partial charge in [0.15, 0.2) is 0 Å². The van der Waals surface area contributed by atoms with Crippen LogP contribution in [-0.4, -0.2) is 6.54 Å². The maximum Gasteiger partial charge on any atom is 0.0990 e. The number of nitrogens with one attached hydrogen (secondary N) is 1. The molecule has 0 aromatic heterocycles. The average Bonchev–Trinajstić information content (AvgIpc) is 2.46. The Balaban J connectivity index is 0.000000371. The van der Waals surface area contributed by atoms with Crippen LogP contribution >= 0.6 is 0 Å². The minimum atomic E-state index is 1.23. The fraction of sp³-hybridized carbons (Fsp3) is 0.375. The largest absolute Gasteiger partial charge is 0.512 e. The number of hydrogen-bond donors (Lipinski definition) is 1. The van der Waals surface area contributed by atoms with Crippen molar-refractivity contribution >= 4 is 0 Å². The molecular weight excluding hydrogens is 124 g/mol. The summed E-state index contributed by atoms with van der Waals surface area (Å²) in [5.74, 6) is 0. The van der Waals surface area contributed by atoms with Crippen LogP contribution in [-0.2, 0) is 0 Å². The summed E-state index contributed by atoms with van der Waals surface area (Å²) in [5, 5.41) is 6.25. The van der Waals surface area contributed by atoms with Gasteiger partial charge in [0.1, 0.15) is 0 Å². The Labute approximate surface area is 62.1 Å². The third-order valence-electron chi connectivity index (χ3n) is 1.27. The van der Waals surface area contributed by atoms with Crippen molar-refractivity contribution in [2.24, 2.45) is 0 Å². The van der Waals surface area contributed by atoms with Crippen molar-refractivity contribution in [3.8, 4) is 0 Å².